The van der Waals surface area contributed by atoms with Gasteiger partial charge in [-0.15, -0.1) is 0 Å². The summed E-state index contributed by atoms with van der Waals surface area (Å²) in [6, 6.07) is 37.4. The van der Waals surface area contributed by atoms with Crippen molar-refractivity contribution in [1.29, 1.82) is 0 Å². The summed E-state index contributed by atoms with van der Waals surface area (Å²) in [7, 11) is 0. The van der Waals surface area contributed by atoms with Crippen LogP contribution < -0.4 is 0 Å². The zero-order valence-corrected chi connectivity index (χ0v) is 64.4. The number of H-pyrrole nitrogens is 4. The quantitative estimate of drug-likeness (QED) is 0.0866. The first-order chi connectivity index (χ1) is 53.0. The van der Waals surface area contributed by atoms with Crippen LogP contribution in [0.5, 0.6) is 0 Å². The first-order valence-corrected chi connectivity index (χ1v) is 37.9. The number of aromatic amines is 4. The lowest BCUT2D eigenvalue weighted by Crippen LogP contribution is -2.41. The SMILES string of the molecule is CC(=O)N1CCc2c([nH]c3ccc(Br)cc23)C1c1cccc(C(F)(F)F)c1.CCCOC(=O)N1CCc2c([nH]c3ccc(Cl)cc23)C1c1cccc(C(F)(F)F)c1.CCOC(=O)N1CCc2c([nH]c3ccc(Br)cc23)C1c1ccc(F)c(F)c1.CCOC(=O)N1CCc2c([nH]c3ccc(Cl)cc23)C1c1cc(F)cc(F)c1. The smallest absolute Gasteiger partial charge is 0.416 e. The highest BCUT2D eigenvalue weighted by Gasteiger charge is 2.42. The van der Waals surface area contributed by atoms with E-state index in [4.69, 9.17) is 37.4 Å². The van der Waals surface area contributed by atoms with E-state index in [0.29, 0.717) is 96.3 Å². The molecule has 12 aromatic rings. The van der Waals surface area contributed by atoms with Gasteiger partial charge in [-0.3, -0.25) is 19.5 Å². The molecule has 4 atom stereocenters. The van der Waals surface area contributed by atoms with E-state index < -0.39 is 89.2 Å². The van der Waals surface area contributed by atoms with E-state index in [9.17, 15) is 63.1 Å². The number of carbonyl (C=O) groups excluding carboxylic acids is 4. The maximum absolute atomic E-state index is 13.9. The third-order valence-electron chi connectivity index (χ3n) is 19.9. The number of benzene rings is 8. The number of nitrogens with one attached hydrogen (secondary N) is 4. The summed E-state index contributed by atoms with van der Waals surface area (Å²) in [6.45, 7) is 9.08. The molecule has 4 amide bonds. The van der Waals surface area contributed by atoms with Crippen molar-refractivity contribution in [3.05, 3.63) is 278 Å². The fourth-order valence-electron chi connectivity index (χ4n) is 15.2. The van der Waals surface area contributed by atoms with Gasteiger partial charge in [-0.2, -0.15) is 26.3 Å². The summed E-state index contributed by atoms with van der Waals surface area (Å²) < 4.78 is 152. The van der Waals surface area contributed by atoms with E-state index in [1.807, 2.05) is 67.6 Å². The average molecular weight is 1700 g/mol. The number of carbonyl (C=O) groups is 4. The Hall–Kier alpha value is -9.96. The molecule has 8 aromatic carbocycles. The van der Waals surface area contributed by atoms with Crippen molar-refractivity contribution in [2.45, 2.75) is 96.3 Å². The summed E-state index contributed by atoms with van der Waals surface area (Å²) in [4.78, 5) is 69.5. The molecule has 0 bridgehead atoms. The highest BCUT2D eigenvalue weighted by molar-refractivity contribution is 9.10. The molecule has 4 aromatic heterocycles. The Morgan fingerprint density at radius 2 is 0.784 bits per heavy atom. The van der Waals surface area contributed by atoms with Crippen LogP contribution in [0.4, 0.5) is 58.3 Å². The minimum Gasteiger partial charge on any atom is -0.450 e. The molecule has 0 saturated heterocycles. The van der Waals surface area contributed by atoms with Gasteiger partial charge in [0.2, 0.25) is 5.91 Å². The molecule has 29 heteroatoms. The van der Waals surface area contributed by atoms with Gasteiger partial charge in [-0.1, -0.05) is 92.3 Å². The fraction of sp³-hybridized carbons (Fsp3) is 0.268. The highest BCUT2D eigenvalue weighted by Crippen LogP contribution is 2.46. The molecule has 0 radical (unpaired) electrons. The minimum absolute atomic E-state index is 0.164. The zero-order valence-electron chi connectivity index (χ0n) is 59.7. The monoisotopic (exact) mass is 1700 g/mol. The van der Waals surface area contributed by atoms with Gasteiger partial charge < -0.3 is 39.0 Å². The second-order valence-corrected chi connectivity index (χ2v) is 29.6. The Balaban J connectivity index is 0.000000130. The molecule has 4 aliphatic heterocycles. The van der Waals surface area contributed by atoms with Crippen LogP contribution in [0.25, 0.3) is 43.6 Å². The van der Waals surface area contributed by atoms with E-state index >= 15 is 0 Å². The summed E-state index contributed by atoms with van der Waals surface area (Å²) in [5.74, 6) is -3.41. The summed E-state index contributed by atoms with van der Waals surface area (Å²) in [6.07, 6.45) is -7.35. The molecule has 111 heavy (non-hydrogen) atoms. The molecule has 578 valence electrons. The molecule has 4 unspecified atom stereocenters. The van der Waals surface area contributed by atoms with Crippen LogP contribution in [0.2, 0.25) is 10.0 Å². The second-order valence-electron chi connectivity index (χ2n) is 26.9. The third kappa shape index (κ3) is 16.6. The average Bonchev–Trinajstić information content (AvgIpc) is 1.27. The Bertz CT molecular complexity index is 5530. The van der Waals surface area contributed by atoms with Crippen LogP contribution in [0.1, 0.15) is 137 Å². The van der Waals surface area contributed by atoms with Gasteiger partial charge in [0.1, 0.15) is 29.8 Å². The van der Waals surface area contributed by atoms with Crippen LogP contribution in [0.15, 0.2) is 167 Å². The number of amides is 4. The van der Waals surface area contributed by atoms with Gasteiger partial charge in [0.15, 0.2) is 11.6 Å². The van der Waals surface area contributed by atoms with E-state index in [2.05, 4.69) is 51.8 Å². The molecule has 4 N–H and O–H groups in total. The van der Waals surface area contributed by atoms with Crippen molar-refractivity contribution in [2.24, 2.45) is 0 Å². The predicted molar refractivity (Wildman–Crippen MR) is 410 cm³/mol. The van der Waals surface area contributed by atoms with Crippen molar-refractivity contribution >= 4 is 123 Å². The number of rotatable bonds is 8. The number of fused-ring (bicyclic) bond motifs is 12. The first-order valence-electron chi connectivity index (χ1n) is 35.5. The van der Waals surface area contributed by atoms with E-state index in [1.54, 1.807) is 47.9 Å². The molecular formula is C82H70Br2Cl2F10N8O7. The molecule has 0 saturated carbocycles. The summed E-state index contributed by atoms with van der Waals surface area (Å²) in [5.41, 5.74) is 10.8. The molecular weight excluding hydrogens is 1630 g/mol. The van der Waals surface area contributed by atoms with Crippen LogP contribution >= 0.6 is 55.1 Å². The van der Waals surface area contributed by atoms with Gasteiger partial charge in [0.25, 0.3) is 0 Å². The fourth-order valence-corrected chi connectivity index (χ4v) is 16.3. The third-order valence-corrected chi connectivity index (χ3v) is 21.4. The van der Waals surface area contributed by atoms with E-state index in [0.717, 1.165) is 134 Å². The van der Waals surface area contributed by atoms with Crippen LogP contribution in [-0.4, -0.2) is 110 Å². The van der Waals surface area contributed by atoms with E-state index in [1.165, 1.54) is 47.1 Å². The van der Waals surface area contributed by atoms with Crippen LogP contribution in [0.3, 0.4) is 0 Å². The second kappa shape index (κ2) is 32.8. The van der Waals surface area contributed by atoms with Gasteiger partial charge in [0.05, 0.1) is 37.0 Å². The predicted octanol–water partition coefficient (Wildman–Crippen LogP) is 22.3. The number of alkyl halides is 6. The number of hydrogen-bond donors (Lipinski definition) is 4. The van der Waals surface area contributed by atoms with Crippen LogP contribution in [0, 0.1) is 23.3 Å². The Morgan fingerprint density at radius 1 is 0.423 bits per heavy atom. The number of aromatic nitrogens is 4. The zero-order chi connectivity index (χ0) is 79.1. The Morgan fingerprint density at radius 3 is 1.16 bits per heavy atom. The minimum atomic E-state index is -4.48. The lowest BCUT2D eigenvalue weighted by Gasteiger charge is -2.35. The molecule has 4 aliphatic rings. The van der Waals surface area contributed by atoms with Gasteiger partial charge >= 0.3 is 30.6 Å². The van der Waals surface area contributed by atoms with Gasteiger partial charge in [0, 0.05) is 125 Å². The molecule has 8 heterocycles. The largest absolute Gasteiger partial charge is 0.450 e. The van der Waals surface area contributed by atoms with E-state index in [-0.39, 0.29) is 25.7 Å². The Labute approximate surface area is 656 Å². The van der Waals surface area contributed by atoms with Crippen molar-refractivity contribution in [2.75, 3.05) is 46.0 Å². The maximum atomic E-state index is 13.9. The number of hydrogen-bond acceptors (Lipinski definition) is 7. The Kier molecular flexibility index (Phi) is 23.4. The highest BCUT2D eigenvalue weighted by atomic mass is 79.9. The molecule has 0 aliphatic carbocycles. The molecule has 15 nitrogen and oxygen atoms in total. The normalized spacial score (nSPS) is 16.7. The molecule has 16 rings (SSSR count). The van der Waals surface area contributed by atoms with Gasteiger partial charge in [-0.05, 0) is 212 Å². The lowest BCUT2D eigenvalue weighted by atomic mass is 9.91. The maximum Gasteiger partial charge on any atom is 0.416 e. The topological polar surface area (TPSA) is 172 Å². The molecule has 0 spiro atoms. The first kappa shape index (κ1) is 79.1. The number of nitrogens with zero attached hydrogens (tertiary/aromatic N) is 4. The standard InChI is InChI=1S/C22H20ClF3N2O2.C20H16BrF3N2O.C20H17BrF2N2O2.C20H17ClF2N2O2/c1-2-10-30-21(29)28-9-8-16-17-12-15(23)6-7-18(17)27-19(16)20(28)13-4-3-5-14(11-13)22(24,25)26;1-11(27)26-8-7-15-16-10-14(21)5-6-17(16)25-18(15)19(26)12-3-2-4-13(9-12)20(22,23)24;1-2-27-20(26)25-8-7-13-14-10-12(21)4-6-17(14)24-18(13)19(25)11-3-5-15(22)16(23)9-11;1-2-27-20(26)25-6-5-15-16-9-12(21)3-4-17(16)24-18(15)19(25)11-7-13(22)10-14(23)8-11/h3-7,11-12,20,27H,2,8-10H2,1H3;2-6,9-10,19,25H,7-8H2,1H3;3-6,9-10,19,24H,2,7-8H2,1H3;3-4,7-10,19,24H,2,5-6H2,1H3. The lowest BCUT2D eigenvalue weighted by molar-refractivity contribution is -0.138. The summed E-state index contributed by atoms with van der Waals surface area (Å²) in [5, 5.41) is 5.11. The van der Waals surface area contributed by atoms with Crippen molar-refractivity contribution in [1.82, 2.24) is 39.5 Å². The number of ether oxygens (including phenoxy) is 3. The van der Waals surface area contributed by atoms with Gasteiger partial charge in [-0.25, -0.2) is 31.9 Å². The van der Waals surface area contributed by atoms with Crippen LogP contribution in [-0.2, 0) is 57.0 Å². The van der Waals surface area contributed by atoms with Crippen molar-refractivity contribution in [3.8, 4) is 0 Å². The van der Waals surface area contributed by atoms with Crippen molar-refractivity contribution in [3.63, 3.8) is 0 Å². The van der Waals surface area contributed by atoms with Crippen molar-refractivity contribution < 1.29 is 77.3 Å². The summed E-state index contributed by atoms with van der Waals surface area (Å²) >= 11 is 19.2. The number of halogens is 14. The molecule has 0 fully saturated rings.